The predicted octanol–water partition coefficient (Wildman–Crippen LogP) is 4.13. The van der Waals surface area contributed by atoms with Crippen molar-refractivity contribution < 1.29 is 14.5 Å². The Bertz CT molecular complexity index is 707. The smallest absolute Gasteiger partial charge is 0.338 e. The molecule has 0 N–H and O–H groups in total. The predicted molar refractivity (Wildman–Crippen MR) is 82.8 cm³/mol. The second kappa shape index (κ2) is 6.39. The minimum Gasteiger partial charge on any atom is -0.454 e. The fourth-order valence-corrected chi connectivity index (χ4v) is 2.12. The number of aryl methyl sites for hydroxylation is 2. The van der Waals surface area contributed by atoms with Crippen molar-refractivity contribution in [2.45, 2.75) is 26.9 Å². The van der Waals surface area contributed by atoms with Crippen LogP contribution >= 0.6 is 0 Å². The Hall–Kier alpha value is -2.69. The topological polar surface area (TPSA) is 69.4 Å². The maximum Gasteiger partial charge on any atom is 0.338 e. The quantitative estimate of drug-likeness (QED) is 0.483. The fourth-order valence-electron chi connectivity index (χ4n) is 2.12. The zero-order valence-corrected chi connectivity index (χ0v) is 12.7. The molecule has 0 fully saturated rings. The van der Waals surface area contributed by atoms with E-state index in [-0.39, 0.29) is 11.8 Å². The Morgan fingerprint density at radius 3 is 2.32 bits per heavy atom. The maximum atomic E-state index is 12.1. The van der Waals surface area contributed by atoms with Gasteiger partial charge < -0.3 is 4.74 Å². The number of hydrogen-bond donors (Lipinski definition) is 0. The molecule has 0 saturated heterocycles. The molecule has 0 amide bonds. The van der Waals surface area contributed by atoms with Gasteiger partial charge in [-0.05, 0) is 38.5 Å². The van der Waals surface area contributed by atoms with Gasteiger partial charge in [0, 0.05) is 11.6 Å². The first-order valence-corrected chi connectivity index (χ1v) is 6.91. The minimum absolute atomic E-state index is 0.0110. The molecule has 0 aliphatic carbocycles. The molecule has 0 heterocycles. The fraction of sp³-hybridized carbons (Fsp3) is 0.235. The first kappa shape index (κ1) is 15.7. The molecule has 2 rings (SSSR count). The highest BCUT2D eigenvalue weighted by Crippen LogP contribution is 2.22. The van der Waals surface area contributed by atoms with E-state index in [0.29, 0.717) is 11.1 Å². The summed E-state index contributed by atoms with van der Waals surface area (Å²) in [5, 5.41) is 10.8. The number of nitro benzene ring substituents is 1. The molecular weight excluding hydrogens is 282 g/mol. The lowest BCUT2D eigenvalue weighted by atomic mass is 10.1. The first-order valence-electron chi connectivity index (χ1n) is 6.91. The molecule has 2 aromatic carbocycles. The van der Waals surface area contributed by atoms with Gasteiger partial charge in [0.25, 0.3) is 5.69 Å². The second-order valence-electron chi connectivity index (χ2n) is 5.22. The van der Waals surface area contributed by atoms with E-state index < -0.39 is 10.9 Å². The van der Waals surface area contributed by atoms with Crippen LogP contribution in [-0.4, -0.2) is 10.9 Å². The summed E-state index contributed by atoms with van der Waals surface area (Å²) >= 11 is 0. The SMILES string of the molecule is Cc1ccc([C@@H](C)OC(=O)c2ccc([N+](=O)[O-])c(C)c2)cc1. The molecule has 22 heavy (non-hydrogen) atoms. The van der Waals surface area contributed by atoms with Gasteiger partial charge in [0.05, 0.1) is 10.5 Å². The second-order valence-corrected chi connectivity index (χ2v) is 5.22. The van der Waals surface area contributed by atoms with Gasteiger partial charge in [-0.2, -0.15) is 0 Å². The molecule has 0 aliphatic heterocycles. The number of ether oxygens (including phenoxy) is 1. The summed E-state index contributed by atoms with van der Waals surface area (Å²) in [4.78, 5) is 22.4. The number of carbonyl (C=O) groups is 1. The molecular formula is C17H17NO4. The standard InChI is InChI=1S/C17H17NO4/c1-11-4-6-14(7-5-11)13(3)22-17(19)15-8-9-16(18(20)21)12(2)10-15/h4-10,13H,1-3H3/t13-/m1/s1. The molecule has 0 bridgehead atoms. The van der Waals surface area contributed by atoms with Gasteiger partial charge in [-0.25, -0.2) is 4.79 Å². The molecule has 0 aliphatic rings. The largest absolute Gasteiger partial charge is 0.454 e. The average Bonchev–Trinajstić information content (AvgIpc) is 2.47. The third-order valence-electron chi connectivity index (χ3n) is 3.46. The van der Waals surface area contributed by atoms with Crippen molar-refractivity contribution in [3.63, 3.8) is 0 Å². The molecule has 1 atom stereocenters. The van der Waals surface area contributed by atoms with Crippen LogP contribution in [0.2, 0.25) is 0 Å². The van der Waals surface area contributed by atoms with Crippen LogP contribution in [0.4, 0.5) is 5.69 Å². The minimum atomic E-state index is -0.494. The van der Waals surface area contributed by atoms with E-state index in [9.17, 15) is 14.9 Å². The summed E-state index contributed by atoms with van der Waals surface area (Å²) in [6, 6.07) is 11.9. The van der Waals surface area contributed by atoms with Crippen LogP contribution in [0.3, 0.4) is 0 Å². The number of nitrogens with zero attached hydrogens (tertiary/aromatic N) is 1. The monoisotopic (exact) mass is 299 g/mol. The summed E-state index contributed by atoms with van der Waals surface area (Å²) in [5.74, 6) is -0.494. The highest BCUT2D eigenvalue weighted by molar-refractivity contribution is 5.90. The van der Waals surface area contributed by atoms with E-state index in [0.717, 1.165) is 11.1 Å². The summed E-state index contributed by atoms with van der Waals surface area (Å²) in [6.45, 7) is 5.37. The normalized spacial score (nSPS) is 11.8. The lowest BCUT2D eigenvalue weighted by Crippen LogP contribution is -2.09. The summed E-state index contributed by atoms with van der Waals surface area (Å²) in [7, 11) is 0. The van der Waals surface area contributed by atoms with Crippen LogP contribution in [0.25, 0.3) is 0 Å². The van der Waals surface area contributed by atoms with Gasteiger partial charge in [0.2, 0.25) is 0 Å². The molecule has 0 spiro atoms. The van der Waals surface area contributed by atoms with E-state index in [1.54, 1.807) is 13.8 Å². The third-order valence-corrected chi connectivity index (χ3v) is 3.46. The lowest BCUT2D eigenvalue weighted by molar-refractivity contribution is -0.385. The van der Waals surface area contributed by atoms with Gasteiger partial charge in [0.15, 0.2) is 0 Å². The number of benzene rings is 2. The number of carbonyl (C=O) groups excluding carboxylic acids is 1. The molecule has 0 aromatic heterocycles. The lowest BCUT2D eigenvalue weighted by Gasteiger charge is -2.14. The zero-order valence-electron chi connectivity index (χ0n) is 12.7. The van der Waals surface area contributed by atoms with Crippen LogP contribution in [0.5, 0.6) is 0 Å². The third kappa shape index (κ3) is 3.49. The summed E-state index contributed by atoms with van der Waals surface area (Å²) in [5.41, 5.74) is 2.76. The van der Waals surface area contributed by atoms with Gasteiger partial charge in [-0.15, -0.1) is 0 Å². The molecule has 0 saturated carbocycles. The molecule has 114 valence electrons. The molecule has 5 nitrogen and oxygen atoms in total. The van der Waals surface area contributed by atoms with Crippen molar-refractivity contribution in [2.24, 2.45) is 0 Å². The van der Waals surface area contributed by atoms with Crippen molar-refractivity contribution in [2.75, 3.05) is 0 Å². The van der Waals surface area contributed by atoms with E-state index in [1.165, 1.54) is 18.2 Å². The van der Waals surface area contributed by atoms with Crippen molar-refractivity contribution >= 4 is 11.7 Å². The Morgan fingerprint density at radius 1 is 1.14 bits per heavy atom. The van der Waals surface area contributed by atoms with Gasteiger partial charge in [0.1, 0.15) is 6.10 Å². The zero-order chi connectivity index (χ0) is 16.3. The van der Waals surface area contributed by atoms with Crippen LogP contribution in [0.1, 0.15) is 40.1 Å². The van der Waals surface area contributed by atoms with Gasteiger partial charge in [-0.1, -0.05) is 29.8 Å². The van der Waals surface area contributed by atoms with Gasteiger partial charge >= 0.3 is 5.97 Å². The van der Waals surface area contributed by atoms with Crippen molar-refractivity contribution in [1.82, 2.24) is 0 Å². The average molecular weight is 299 g/mol. The number of hydrogen-bond acceptors (Lipinski definition) is 4. The number of rotatable bonds is 4. The summed E-state index contributed by atoms with van der Waals surface area (Å²) < 4.78 is 5.41. The van der Waals surface area contributed by atoms with Crippen LogP contribution in [0.15, 0.2) is 42.5 Å². The number of nitro groups is 1. The van der Waals surface area contributed by atoms with Crippen LogP contribution in [0, 0.1) is 24.0 Å². The summed E-state index contributed by atoms with van der Waals surface area (Å²) in [6.07, 6.45) is -0.386. The highest BCUT2D eigenvalue weighted by atomic mass is 16.6. The number of esters is 1. The molecule has 5 heteroatoms. The highest BCUT2D eigenvalue weighted by Gasteiger charge is 2.17. The Morgan fingerprint density at radius 2 is 1.77 bits per heavy atom. The van der Waals surface area contributed by atoms with E-state index >= 15 is 0 Å². The Balaban J connectivity index is 2.13. The van der Waals surface area contributed by atoms with Crippen LogP contribution < -0.4 is 0 Å². The first-order chi connectivity index (χ1) is 10.4. The van der Waals surface area contributed by atoms with E-state index in [4.69, 9.17) is 4.74 Å². The molecule has 2 aromatic rings. The van der Waals surface area contributed by atoms with Crippen molar-refractivity contribution in [1.29, 1.82) is 0 Å². The van der Waals surface area contributed by atoms with Crippen LogP contribution in [-0.2, 0) is 4.74 Å². The molecule has 0 unspecified atom stereocenters. The Kier molecular flexibility index (Phi) is 4.56. The Labute approximate surface area is 128 Å². The van der Waals surface area contributed by atoms with Crippen molar-refractivity contribution in [3.8, 4) is 0 Å². The molecule has 0 radical (unpaired) electrons. The van der Waals surface area contributed by atoms with E-state index in [2.05, 4.69) is 0 Å². The van der Waals surface area contributed by atoms with Crippen molar-refractivity contribution in [3.05, 3.63) is 74.8 Å². The van der Waals surface area contributed by atoms with Gasteiger partial charge in [-0.3, -0.25) is 10.1 Å². The van der Waals surface area contributed by atoms with E-state index in [1.807, 2.05) is 31.2 Å². The maximum absolute atomic E-state index is 12.1.